The van der Waals surface area contributed by atoms with Gasteiger partial charge in [-0.2, -0.15) is 0 Å². The molecule has 22 heavy (non-hydrogen) atoms. The second-order valence-corrected chi connectivity index (χ2v) is 5.24. The summed E-state index contributed by atoms with van der Waals surface area (Å²) in [6, 6.07) is 5.31. The van der Waals surface area contributed by atoms with E-state index in [4.69, 9.17) is 5.73 Å². The van der Waals surface area contributed by atoms with E-state index in [1.54, 1.807) is 18.2 Å². The summed E-state index contributed by atoms with van der Waals surface area (Å²) in [4.78, 5) is 25.3. The molecule has 118 valence electrons. The number of nitrogens with two attached hydrogens (primary N) is 1. The van der Waals surface area contributed by atoms with Gasteiger partial charge in [0, 0.05) is 25.2 Å². The third kappa shape index (κ3) is 4.00. The van der Waals surface area contributed by atoms with Gasteiger partial charge in [0.25, 0.3) is 0 Å². The summed E-state index contributed by atoms with van der Waals surface area (Å²) in [5, 5.41) is 5.80. The Morgan fingerprint density at radius 2 is 2.05 bits per heavy atom. The number of nitrogens with one attached hydrogen (secondary N) is 2. The lowest BCUT2D eigenvalue weighted by Gasteiger charge is -2.22. The van der Waals surface area contributed by atoms with E-state index in [-0.39, 0.29) is 12.5 Å². The van der Waals surface area contributed by atoms with E-state index in [2.05, 4.69) is 22.1 Å². The zero-order chi connectivity index (χ0) is 15.9. The molecule has 4 N–H and O–H groups in total. The summed E-state index contributed by atoms with van der Waals surface area (Å²) in [7, 11) is 0. The first kappa shape index (κ1) is 15.9. The Bertz CT molecular complexity index is 565. The first-order chi connectivity index (χ1) is 10.6. The maximum atomic E-state index is 11.7. The van der Waals surface area contributed by atoms with Crippen molar-refractivity contribution >= 4 is 23.2 Å². The molecule has 0 atom stereocenters. The fourth-order valence-electron chi connectivity index (χ4n) is 2.49. The van der Waals surface area contributed by atoms with Crippen LogP contribution in [0.4, 0.5) is 11.4 Å². The molecule has 0 aromatic heterocycles. The average molecular weight is 302 g/mol. The number of carbonyl (C=O) groups is 2. The maximum absolute atomic E-state index is 11.7. The fourth-order valence-corrected chi connectivity index (χ4v) is 2.49. The first-order valence-corrected chi connectivity index (χ1v) is 7.42. The molecule has 0 bridgehead atoms. The summed E-state index contributed by atoms with van der Waals surface area (Å²) in [5.41, 5.74) is 7.52. The van der Waals surface area contributed by atoms with Crippen molar-refractivity contribution in [3.63, 3.8) is 0 Å². The molecule has 0 spiro atoms. The number of rotatable bonds is 7. The summed E-state index contributed by atoms with van der Waals surface area (Å²) in [6.07, 6.45) is 3.93. The monoisotopic (exact) mass is 302 g/mol. The molecular formula is C16H22N4O2. The minimum absolute atomic E-state index is 0.128. The largest absolute Gasteiger partial charge is 0.374 e. The smallest absolute Gasteiger partial charge is 0.248 e. The van der Waals surface area contributed by atoms with Gasteiger partial charge in [0.15, 0.2) is 0 Å². The quantitative estimate of drug-likeness (QED) is 0.658. The maximum Gasteiger partial charge on any atom is 0.248 e. The van der Waals surface area contributed by atoms with Crippen LogP contribution in [-0.4, -0.2) is 38.0 Å². The van der Waals surface area contributed by atoms with Crippen molar-refractivity contribution < 1.29 is 9.59 Å². The highest BCUT2D eigenvalue weighted by atomic mass is 16.2. The Labute approximate surface area is 130 Å². The number of amides is 2. The predicted molar refractivity (Wildman–Crippen MR) is 88.1 cm³/mol. The number of benzene rings is 1. The summed E-state index contributed by atoms with van der Waals surface area (Å²) < 4.78 is 0. The van der Waals surface area contributed by atoms with Crippen LogP contribution in [-0.2, 0) is 4.79 Å². The molecule has 6 nitrogen and oxygen atoms in total. The van der Waals surface area contributed by atoms with E-state index < -0.39 is 5.91 Å². The van der Waals surface area contributed by atoms with Crippen molar-refractivity contribution in [2.45, 2.75) is 12.8 Å². The highest BCUT2D eigenvalue weighted by Gasteiger charge is 2.17. The molecule has 2 rings (SSSR count). The molecule has 1 aliphatic heterocycles. The SMILES string of the molecule is C=CCNC(=O)CNc1cc(C(N)=O)ccc1N1CCCC1. The zero-order valence-electron chi connectivity index (χ0n) is 12.6. The van der Waals surface area contributed by atoms with Gasteiger partial charge in [-0.3, -0.25) is 9.59 Å². The lowest BCUT2D eigenvalue weighted by atomic mass is 10.1. The molecule has 0 unspecified atom stereocenters. The number of primary amides is 1. The highest BCUT2D eigenvalue weighted by Crippen LogP contribution is 2.29. The van der Waals surface area contributed by atoms with Gasteiger partial charge in [-0.15, -0.1) is 6.58 Å². The number of nitrogens with zero attached hydrogens (tertiary/aromatic N) is 1. The predicted octanol–water partition coefficient (Wildman–Crippen LogP) is 1.10. The number of carbonyl (C=O) groups excluding carboxylic acids is 2. The molecule has 1 aromatic rings. The molecule has 2 amide bonds. The minimum atomic E-state index is -0.480. The van der Waals surface area contributed by atoms with E-state index in [0.717, 1.165) is 37.3 Å². The fraction of sp³-hybridized carbons (Fsp3) is 0.375. The van der Waals surface area contributed by atoms with Crippen LogP contribution in [0.1, 0.15) is 23.2 Å². The number of anilines is 2. The summed E-state index contributed by atoms with van der Waals surface area (Å²) >= 11 is 0. The molecule has 1 aromatic carbocycles. The van der Waals surface area contributed by atoms with E-state index >= 15 is 0 Å². The second-order valence-electron chi connectivity index (χ2n) is 5.24. The lowest BCUT2D eigenvalue weighted by molar-refractivity contribution is -0.119. The molecule has 6 heteroatoms. The Kier molecular flexibility index (Phi) is 5.41. The van der Waals surface area contributed by atoms with Crippen LogP contribution in [0.5, 0.6) is 0 Å². The zero-order valence-corrected chi connectivity index (χ0v) is 12.6. The number of hydrogen-bond acceptors (Lipinski definition) is 4. The molecule has 1 fully saturated rings. The third-order valence-electron chi connectivity index (χ3n) is 3.61. The van der Waals surface area contributed by atoms with Crippen LogP contribution in [0.15, 0.2) is 30.9 Å². The minimum Gasteiger partial charge on any atom is -0.374 e. The van der Waals surface area contributed by atoms with Gasteiger partial charge in [0.1, 0.15) is 0 Å². The van der Waals surface area contributed by atoms with Crippen molar-refractivity contribution in [1.82, 2.24) is 5.32 Å². The molecule has 1 heterocycles. The van der Waals surface area contributed by atoms with Crippen LogP contribution < -0.4 is 21.3 Å². The van der Waals surface area contributed by atoms with Gasteiger partial charge in [-0.1, -0.05) is 6.08 Å². The average Bonchev–Trinajstić information content (AvgIpc) is 3.04. The normalized spacial score (nSPS) is 13.7. The Hall–Kier alpha value is -2.50. The van der Waals surface area contributed by atoms with Crippen molar-refractivity contribution in [3.8, 4) is 0 Å². The molecular weight excluding hydrogens is 280 g/mol. The third-order valence-corrected chi connectivity index (χ3v) is 3.61. The van der Waals surface area contributed by atoms with Crippen LogP contribution in [0.3, 0.4) is 0 Å². The summed E-state index contributed by atoms with van der Waals surface area (Å²) in [5.74, 6) is -0.608. The molecule has 0 radical (unpaired) electrons. The van der Waals surface area contributed by atoms with Gasteiger partial charge >= 0.3 is 0 Å². The molecule has 0 saturated carbocycles. The van der Waals surface area contributed by atoms with Gasteiger partial charge < -0.3 is 21.3 Å². The standard InChI is InChI=1S/C16H22N4O2/c1-2-7-18-15(21)11-19-13-10-12(16(17)22)5-6-14(13)20-8-3-4-9-20/h2,5-6,10,19H,1,3-4,7-9,11H2,(H2,17,22)(H,18,21). The topological polar surface area (TPSA) is 87.5 Å². The van der Waals surface area contributed by atoms with Crippen LogP contribution >= 0.6 is 0 Å². The summed E-state index contributed by atoms with van der Waals surface area (Å²) in [6.45, 7) is 6.08. The van der Waals surface area contributed by atoms with E-state index in [1.165, 1.54) is 0 Å². The van der Waals surface area contributed by atoms with Crippen molar-refractivity contribution in [2.75, 3.05) is 36.4 Å². The molecule has 1 aliphatic rings. The Balaban J connectivity index is 2.14. The lowest BCUT2D eigenvalue weighted by Crippen LogP contribution is -2.30. The van der Waals surface area contributed by atoms with Crippen LogP contribution in [0, 0.1) is 0 Å². The van der Waals surface area contributed by atoms with Crippen molar-refractivity contribution in [3.05, 3.63) is 36.4 Å². The van der Waals surface area contributed by atoms with Gasteiger partial charge in [0.05, 0.1) is 17.9 Å². The highest BCUT2D eigenvalue weighted by molar-refractivity contribution is 5.95. The Morgan fingerprint density at radius 1 is 1.32 bits per heavy atom. The van der Waals surface area contributed by atoms with E-state index in [9.17, 15) is 9.59 Å². The Morgan fingerprint density at radius 3 is 2.68 bits per heavy atom. The van der Waals surface area contributed by atoms with E-state index in [0.29, 0.717) is 12.1 Å². The van der Waals surface area contributed by atoms with Gasteiger partial charge in [-0.25, -0.2) is 0 Å². The van der Waals surface area contributed by atoms with Crippen LogP contribution in [0.2, 0.25) is 0 Å². The molecule has 0 aliphatic carbocycles. The van der Waals surface area contributed by atoms with Gasteiger partial charge in [0.2, 0.25) is 11.8 Å². The molecule has 1 saturated heterocycles. The van der Waals surface area contributed by atoms with Crippen molar-refractivity contribution in [2.24, 2.45) is 5.73 Å². The number of hydrogen-bond donors (Lipinski definition) is 3. The van der Waals surface area contributed by atoms with Gasteiger partial charge in [-0.05, 0) is 31.0 Å². The van der Waals surface area contributed by atoms with Crippen molar-refractivity contribution in [1.29, 1.82) is 0 Å². The van der Waals surface area contributed by atoms with E-state index in [1.807, 2.05) is 6.07 Å². The van der Waals surface area contributed by atoms with Crippen LogP contribution in [0.25, 0.3) is 0 Å². The second kappa shape index (κ2) is 7.49. The first-order valence-electron chi connectivity index (χ1n) is 7.42.